The SMILES string of the molecule is N#CC(c1ccccc1)c1ccc(NC(=O)c2ccc(F)cc2Br)cc1Cl. The molecular formula is C21H13BrClFN2O. The predicted octanol–water partition coefficient (Wildman–Crippen LogP) is 6.15. The minimum Gasteiger partial charge on any atom is -0.322 e. The molecule has 0 fully saturated rings. The van der Waals surface area contributed by atoms with E-state index >= 15 is 0 Å². The molecule has 3 rings (SSSR count). The maximum atomic E-state index is 13.2. The van der Waals surface area contributed by atoms with E-state index in [1.54, 1.807) is 18.2 Å². The van der Waals surface area contributed by atoms with Gasteiger partial charge in [0.25, 0.3) is 5.91 Å². The van der Waals surface area contributed by atoms with Gasteiger partial charge in [0, 0.05) is 15.2 Å². The zero-order valence-electron chi connectivity index (χ0n) is 13.9. The molecule has 1 amide bonds. The third kappa shape index (κ3) is 4.36. The minimum atomic E-state index is -0.505. The molecule has 134 valence electrons. The molecule has 0 saturated heterocycles. The van der Waals surface area contributed by atoms with Gasteiger partial charge in [-0.15, -0.1) is 0 Å². The van der Waals surface area contributed by atoms with Crippen molar-refractivity contribution in [3.8, 4) is 6.07 Å². The summed E-state index contributed by atoms with van der Waals surface area (Å²) in [4.78, 5) is 12.4. The van der Waals surface area contributed by atoms with E-state index in [9.17, 15) is 14.4 Å². The largest absolute Gasteiger partial charge is 0.322 e. The molecule has 3 aromatic carbocycles. The van der Waals surface area contributed by atoms with Gasteiger partial charge in [-0.1, -0.05) is 48.0 Å². The van der Waals surface area contributed by atoms with Crippen LogP contribution in [0.3, 0.4) is 0 Å². The van der Waals surface area contributed by atoms with Crippen molar-refractivity contribution in [3.05, 3.63) is 98.7 Å². The zero-order valence-corrected chi connectivity index (χ0v) is 16.3. The van der Waals surface area contributed by atoms with Crippen LogP contribution in [0.5, 0.6) is 0 Å². The van der Waals surface area contributed by atoms with E-state index in [0.717, 1.165) is 5.56 Å². The fraction of sp³-hybridized carbons (Fsp3) is 0.0476. The lowest BCUT2D eigenvalue weighted by Crippen LogP contribution is -2.13. The summed E-state index contributed by atoms with van der Waals surface area (Å²) in [5, 5.41) is 12.7. The zero-order chi connectivity index (χ0) is 19.4. The molecule has 3 aromatic rings. The monoisotopic (exact) mass is 442 g/mol. The highest BCUT2D eigenvalue weighted by Crippen LogP contribution is 2.32. The van der Waals surface area contributed by atoms with Crippen LogP contribution in [-0.2, 0) is 0 Å². The number of halogens is 3. The third-order valence-corrected chi connectivity index (χ3v) is 4.99. The first-order valence-corrected chi connectivity index (χ1v) is 9.17. The Kier molecular flexibility index (Phi) is 5.90. The molecule has 1 atom stereocenters. The normalized spacial score (nSPS) is 11.5. The van der Waals surface area contributed by atoms with Crippen LogP contribution in [0.1, 0.15) is 27.4 Å². The number of benzene rings is 3. The van der Waals surface area contributed by atoms with Crippen molar-refractivity contribution >= 4 is 39.1 Å². The topological polar surface area (TPSA) is 52.9 Å². The lowest BCUT2D eigenvalue weighted by atomic mass is 9.92. The Balaban J connectivity index is 1.84. The molecule has 1 N–H and O–H groups in total. The average Bonchev–Trinajstić information content (AvgIpc) is 2.65. The Morgan fingerprint density at radius 3 is 2.48 bits per heavy atom. The van der Waals surface area contributed by atoms with E-state index in [0.29, 0.717) is 26.3 Å². The van der Waals surface area contributed by atoms with Gasteiger partial charge in [-0.05, 0) is 57.4 Å². The number of nitriles is 1. The van der Waals surface area contributed by atoms with Crippen molar-refractivity contribution in [1.82, 2.24) is 0 Å². The number of hydrogen-bond acceptors (Lipinski definition) is 2. The number of hydrogen-bond donors (Lipinski definition) is 1. The van der Waals surface area contributed by atoms with E-state index in [2.05, 4.69) is 27.3 Å². The molecule has 0 aliphatic heterocycles. The Labute approximate surface area is 169 Å². The summed E-state index contributed by atoms with van der Waals surface area (Å²) in [6.45, 7) is 0. The van der Waals surface area contributed by atoms with Gasteiger partial charge in [-0.3, -0.25) is 4.79 Å². The van der Waals surface area contributed by atoms with Crippen LogP contribution in [0, 0.1) is 17.1 Å². The highest BCUT2D eigenvalue weighted by atomic mass is 79.9. The van der Waals surface area contributed by atoms with E-state index in [1.807, 2.05) is 30.3 Å². The van der Waals surface area contributed by atoms with Gasteiger partial charge in [0.2, 0.25) is 0 Å². The van der Waals surface area contributed by atoms with E-state index in [4.69, 9.17) is 11.6 Å². The fourth-order valence-corrected chi connectivity index (χ4v) is 3.50. The summed E-state index contributed by atoms with van der Waals surface area (Å²) in [7, 11) is 0. The maximum Gasteiger partial charge on any atom is 0.256 e. The van der Waals surface area contributed by atoms with Crippen molar-refractivity contribution in [2.24, 2.45) is 0 Å². The molecule has 0 spiro atoms. The second-order valence-corrected chi connectivity index (χ2v) is 7.05. The van der Waals surface area contributed by atoms with Crippen molar-refractivity contribution < 1.29 is 9.18 Å². The predicted molar refractivity (Wildman–Crippen MR) is 107 cm³/mol. The maximum absolute atomic E-state index is 13.2. The van der Waals surface area contributed by atoms with Gasteiger partial charge in [-0.25, -0.2) is 4.39 Å². The summed E-state index contributed by atoms with van der Waals surface area (Å²) in [5.41, 5.74) is 2.28. The van der Waals surface area contributed by atoms with Crippen LogP contribution in [-0.4, -0.2) is 5.91 Å². The van der Waals surface area contributed by atoms with Crippen LogP contribution in [0.25, 0.3) is 0 Å². The highest BCUT2D eigenvalue weighted by molar-refractivity contribution is 9.10. The van der Waals surface area contributed by atoms with Crippen LogP contribution in [0.2, 0.25) is 5.02 Å². The average molecular weight is 444 g/mol. The van der Waals surface area contributed by atoms with Gasteiger partial charge < -0.3 is 5.32 Å². The Morgan fingerprint density at radius 2 is 1.85 bits per heavy atom. The second kappa shape index (κ2) is 8.34. The number of anilines is 1. The third-order valence-electron chi connectivity index (χ3n) is 4.01. The first-order valence-electron chi connectivity index (χ1n) is 8.00. The molecule has 6 heteroatoms. The number of carbonyl (C=O) groups is 1. The van der Waals surface area contributed by atoms with Crippen molar-refractivity contribution in [1.29, 1.82) is 5.26 Å². The van der Waals surface area contributed by atoms with Crippen LogP contribution in [0.4, 0.5) is 10.1 Å². The lowest BCUT2D eigenvalue weighted by Gasteiger charge is -2.14. The smallest absolute Gasteiger partial charge is 0.256 e. The molecule has 3 nitrogen and oxygen atoms in total. The molecule has 0 bridgehead atoms. The van der Waals surface area contributed by atoms with Crippen molar-refractivity contribution in [2.45, 2.75) is 5.92 Å². The highest BCUT2D eigenvalue weighted by Gasteiger charge is 2.17. The summed E-state index contributed by atoms with van der Waals surface area (Å²) in [6, 6.07) is 20.4. The Bertz CT molecular complexity index is 1030. The van der Waals surface area contributed by atoms with E-state index in [1.165, 1.54) is 18.2 Å². The standard InChI is InChI=1S/C21H13BrClFN2O/c22-19-10-14(24)6-8-17(19)21(27)26-15-7-9-16(20(23)11-15)18(12-25)13-4-2-1-3-5-13/h1-11,18H,(H,26,27). The quantitative estimate of drug-likeness (QED) is 0.526. The number of nitrogens with one attached hydrogen (secondary N) is 1. The molecule has 0 heterocycles. The van der Waals surface area contributed by atoms with Gasteiger partial charge in [0.1, 0.15) is 5.82 Å². The molecule has 0 radical (unpaired) electrons. The number of amides is 1. The van der Waals surface area contributed by atoms with E-state index < -0.39 is 17.6 Å². The molecule has 1 unspecified atom stereocenters. The van der Waals surface area contributed by atoms with Crippen molar-refractivity contribution in [3.63, 3.8) is 0 Å². The Hall–Kier alpha value is -2.68. The summed E-state index contributed by atoms with van der Waals surface area (Å²) < 4.78 is 13.5. The number of nitrogens with zero attached hydrogens (tertiary/aromatic N) is 1. The van der Waals surface area contributed by atoms with Gasteiger partial charge in [0.15, 0.2) is 0 Å². The van der Waals surface area contributed by atoms with Crippen LogP contribution < -0.4 is 5.32 Å². The molecule has 27 heavy (non-hydrogen) atoms. The molecule has 0 saturated carbocycles. The first kappa shape index (κ1) is 19.1. The van der Waals surface area contributed by atoms with Crippen LogP contribution in [0.15, 0.2) is 71.2 Å². The lowest BCUT2D eigenvalue weighted by molar-refractivity contribution is 0.102. The summed E-state index contributed by atoms with van der Waals surface area (Å²) in [5.74, 6) is -1.34. The fourth-order valence-electron chi connectivity index (χ4n) is 2.68. The van der Waals surface area contributed by atoms with Gasteiger partial charge in [-0.2, -0.15) is 5.26 Å². The first-order chi connectivity index (χ1) is 13.0. The van der Waals surface area contributed by atoms with Gasteiger partial charge in [0.05, 0.1) is 17.6 Å². The van der Waals surface area contributed by atoms with Crippen LogP contribution >= 0.6 is 27.5 Å². The van der Waals surface area contributed by atoms with E-state index in [-0.39, 0.29) is 0 Å². The molecule has 0 aliphatic carbocycles. The summed E-state index contributed by atoms with van der Waals surface area (Å²) in [6.07, 6.45) is 0. The van der Waals surface area contributed by atoms with Gasteiger partial charge >= 0.3 is 0 Å². The number of carbonyl (C=O) groups excluding carboxylic acids is 1. The summed E-state index contributed by atoms with van der Waals surface area (Å²) >= 11 is 9.55. The molecule has 0 aliphatic rings. The Morgan fingerprint density at radius 1 is 1.11 bits per heavy atom. The second-order valence-electron chi connectivity index (χ2n) is 5.79. The minimum absolute atomic E-state index is 0.302. The number of rotatable bonds is 4. The molecule has 0 aromatic heterocycles. The molecular weight excluding hydrogens is 431 g/mol. The van der Waals surface area contributed by atoms with Crippen molar-refractivity contribution in [2.75, 3.05) is 5.32 Å².